The minimum atomic E-state index is -0.389. The highest BCUT2D eigenvalue weighted by atomic mass is 32.1. The van der Waals surface area contributed by atoms with Crippen LogP contribution in [0.15, 0.2) is 48.5 Å². The van der Waals surface area contributed by atoms with Crippen LogP contribution in [0.3, 0.4) is 0 Å². The SMILES string of the molecule is O=C(Cc1cccc(F)c1)OCc1nc2ccccc2s1. The highest BCUT2D eigenvalue weighted by Crippen LogP contribution is 2.22. The zero-order chi connectivity index (χ0) is 14.7. The summed E-state index contributed by atoms with van der Waals surface area (Å²) in [5.41, 5.74) is 1.50. The smallest absolute Gasteiger partial charge is 0.310 e. The van der Waals surface area contributed by atoms with Crippen molar-refractivity contribution in [3.8, 4) is 0 Å². The minimum Gasteiger partial charge on any atom is -0.458 e. The van der Waals surface area contributed by atoms with Crippen LogP contribution >= 0.6 is 11.3 Å². The van der Waals surface area contributed by atoms with E-state index in [-0.39, 0.29) is 24.8 Å². The van der Waals surface area contributed by atoms with Crippen molar-refractivity contribution in [1.29, 1.82) is 0 Å². The molecule has 0 spiro atoms. The fourth-order valence-electron chi connectivity index (χ4n) is 1.99. The summed E-state index contributed by atoms with van der Waals surface area (Å²) in [5.74, 6) is -0.744. The van der Waals surface area contributed by atoms with Gasteiger partial charge in [-0.05, 0) is 29.8 Å². The van der Waals surface area contributed by atoms with Crippen LogP contribution in [0, 0.1) is 5.82 Å². The van der Waals surface area contributed by atoms with Gasteiger partial charge in [0.25, 0.3) is 0 Å². The molecule has 3 aromatic rings. The first-order chi connectivity index (χ1) is 10.2. The van der Waals surface area contributed by atoms with Crippen molar-refractivity contribution in [3.63, 3.8) is 0 Å². The lowest BCUT2D eigenvalue weighted by molar-refractivity contribution is -0.144. The van der Waals surface area contributed by atoms with E-state index in [4.69, 9.17) is 4.74 Å². The average molecular weight is 301 g/mol. The van der Waals surface area contributed by atoms with E-state index in [1.807, 2.05) is 24.3 Å². The number of para-hydroxylation sites is 1. The van der Waals surface area contributed by atoms with Gasteiger partial charge in [-0.15, -0.1) is 11.3 Å². The molecule has 0 aliphatic carbocycles. The molecular weight excluding hydrogens is 289 g/mol. The molecule has 0 saturated carbocycles. The Balaban J connectivity index is 1.60. The fraction of sp³-hybridized carbons (Fsp3) is 0.125. The van der Waals surface area contributed by atoms with E-state index in [2.05, 4.69) is 4.98 Å². The van der Waals surface area contributed by atoms with Gasteiger partial charge in [-0.2, -0.15) is 0 Å². The second-order valence-electron chi connectivity index (χ2n) is 4.54. The standard InChI is InChI=1S/C16H12FNO2S/c17-12-5-3-4-11(8-12)9-16(19)20-10-15-18-13-6-1-2-7-14(13)21-15/h1-8H,9-10H2. The maximum Gasteiger partial charge on any atom is 0.310 e. The molecule has 21 heavy (non-hydrogen) atoms. The summed E-state index contributed by atoms with van der Waals surface area (Å²) in [6, 6.07) is 13.7. The molecule has 5 heteroatoms. The van der Waals surface area contributed by atoms with Gasteiger partial charge in [0, 0.05) is 0 Å². The molecule has 0 bridgehead atoms. The lowest BCUT2D eigenvalue weighted by Gasteiger charge is -2.03. The van der Waals surface area contributed by atoms with Gasteiger partial charge < -0.3 is 4.74 Å². The Bertz CT molecular complexity index is 752. The number of carbonyl (C=O) groups is 1. The Hall–Kier alpha value is -2.27. The number of hydrogen-bond donors (Lipinski definition) is 0. The molecule has 0 radical (unpaired) electrons. The van der Waals surface area contributed by atoms with Crippen LogP contribution in [-0.4, -0.2) is 11.0 Å². The first-order valence-corrected chi connectivity index (χ1v) is 7.27. The van der Waals surface area contributed by atoms with Crippen molar-refractivity contribution >= 4 is 27.5 Å². The third-order valence-corrected chi connectivity index (χ3v) is 3.94. The van der Waals surface area contributed by atoms with Crippen LogP contribution in [0.4, 0.5) is 4.39 Å². The first kappa shape index (κ1) is 13.7. The highest BCUT2D eigenvalue weighted by molar-refractivity contribution is 7.18. The zero-order valence-electron chi connectivity index (χ0n) is 11.1. The second-order valence-corrected chi connectivity index (χ2v) is 5.66. The minimum absolute atomic E-state index is 0.0582. The van der Waals surface area contributed by atoms with Crippen molar-refractivity contribution < 1.29 is 13.9 Å². The van der Waals surface area contributed by atoms with Crippen LogP contribution in [0.5, 0.6) is 0 Å². The van der Waals surface area contributed by atoms with Gasteiger partial charge in [0.15, 0.2) is 0 Å². The van der Waals surface area contributed by atoms with Gasteiger partial charge in [-0.25, -0.2) is 9.37 Å². The zero-order valence-corrected chi connectivity index (χ0v) is 11.9. The number of carbonyl (C=O) groups excluding carboxylic acids is 1. The Morgan fingerprint density at radius 1 is 1.19 bits per heavy atom. The summed E-state index contributed by atoms with van der Waals surface area (Å²) in [6.07, 6.45) is 0.0582. The molecule has 0 aliphatic heterocycles. The Morgan fingerprint density at radius 2 is 2.05 bits per heavy atom. The monoisotopic (exact) mass is 301 g/mol. The van der Waals surface area contributed by atoms with Crippen molar-refractivity contribution in [2.24, 2.45) is 0 Å². The second kappa shape index (κ2) is 6.01. The quantitative estimate of drug-likeness (QED) is 0.689. The van der Waals surface area contributed by atoms with E-state index in [1.54, 1.807) is 12.1 Å². The first-order valence-electron chi connectivity index (χ1n) is 6.45. The molecule has 0 atom stereocenters. The molecule has 1 heterocycles. The molecule has 0 fully saturated rings. The molecule has 0 unspecified atom stereocenters. The number of fused-ring (bicyclic) bond motifs is 1. The molecule has 3 nitrogen and oxygen atoms in total. The number of benzene rings is 2. The number of rotatable bonds is 4. The third-order valence-electron chi connectivity index (χ3n) is 2.93. The summed E-state index contributed by atoms with van der Waals surface area (Å²) >= 11 is 1.50. The molecule has 1 aromatic heterocycles. The van der Waals surface area contributed by atoms with Crippen molar-refractivity contribution in [3.05, 3.63) is 64.9 Å². The van der Waals surface area contributed by atoms with E-state index < -0.39 is 0 Å². The maximum atomic E-state index is 13.0. The van der Waals surface area contributed by atoms with Crippen LogP contribution in [-0.2, 0) is 22.6 Å². The fourth-order valence-corrected chi connectivity index (χ4v) is 2.87. The number of halogens is 1. The summed E-state index contributed by atoms with van der Waals surface area (Å²) < 4.78 is 19.3. The topological polar surface area (TPSA) is 39.2 Å². The van der Waals surface area contributed by atoms with Crippen molar-refractivity contribution in [2.75, 3.05) is 0 Å². The molecule has 2 aromatic carbocycles. The molecular formula is C16H12FNO2S. The summed E-state index contributed by atoms with van der Waals surface area (Å²) in [5, 5.41) is 0.754. The third kappa shape index (κ3) is 3.44. The number of ether oxygens (including phenoxy) is 1. The molecule has 106 valence electrons. The van der Waals surface area contributed by atoms with E-state index in [9.17, 15) is 9.18 Å². The lowest BCUT2D eigenvalue weighted by Crippen LogP contribution is -2.08. The van der Waals surface area contributed by atoms with Gasteiger partial charge >= 0.3 is 5.97 Å². The summed E-state index contributed by atoms with van der Waals surface area (Å²) in [6.45, 7) is 0.146. The van der Waals surface area contributed by atoms with Gasteiger partial charge in [0.05, 0.1) is 16.6 Å². The number of aromatic nitrogens is 1. The number of hydrogen-bond acceptors (Lipinski definition) is 4. The van der Waals surface area contributed by atoms with E-state index in [0.29, 0.717) is 5.56 Å². The Morgan fingerprint density at radius 3 is 2.86 bits per heavy atom. The van der Waals surface area contributed by atoms with Gasteiger partial charge in [0.1, 0.15) is 17.4 Å². The van der Waals surface area contributed by atoms with Crippen LogP contribution in [0.2, 0.25) is 0 Å². The van der Waals surface area contributed by atoms with Crippen LogP contribution in [0.25, 0.3) is 10.2 Å². The maximum absolute atomic E-state index is 13.0. The summed E-state index contributed by atoms with van der Waals surface area (Å²) in [4.78, 5) is 16.1. The number of esters is 1. The van der Waals surface area contributed by atoms with Gasteiger partial charge in [0.2, 0.25) is 0 Å². The van der Waals surface area contributed by atoms with Crippen molar-refractivity contribution in [1.82, 2.24) is 4.98 Å². The highest BCUT2D eigenvalue weighted by Gasteiger charge is 2.08. The molecule has 3 rings (SSSR count). The molecule has 0 amide bonds. The predicted octanol–water partition coefficient (Wildman–Crippen LogP) is 3.72. The van der Waals surface area contributed by atoms with Crippen LogP contribution < -0.4 is 0 Å². The Kier molecular flexibility index (Phi) is 3.92. The molecule has 0 aliphatic rings. The van der Waals surface area contributed by atoms with Gasteiger partial charge in [-0.3, -0.25) is 4.79 Å². The van der Waals surface area contributed by atoms with Crippen LogP contribution in [0.1, 0.15) is 10.6 Å². The normalized spacial score (nSPS) is 10.7. The summed E-state index contributed by atoms with van der Waals surface area (Å²) in [7, 11) is 0. The van der Waals surface area contributed by atoms with E-state index in [0.717, 1.165) is 15.2 Å². The molecule has 0 N–H and O–H groups in total. The molecule has 0 saturated heterocycles. The van der Waals surface area contributed by atoms with Gasteiger partial charge in [-0.1, -0.05) is 24.3 Å². The van der Waals surface area contributed by atoms with E-state index >= 15 is 0 Å². The lowest BCUT2D eigenvalue weighted by atomic mass is 10.1. The van der Waals surface area contributed by atoms with Crippen molar-refractivity contribution in [2.45, 2.75) is 13.0 Å². The average Bonchev–Trinajstić information content (AvgIpc) is 2.88. The number of thiazole rings is 1. The number of nitrogens with zero attached hydrogens (tertiary/aromatic N) is 1. The Labute approximate surface area is 125 Å². The largest absolute Gasteiger partial charge is 0.458 e. The predicted molar refractivity (Wildman–Crippen MR) is 79.5 cm³/mol. The van der Waals surface area contributed by atoms with E-state index in [1.165, 1.54) is 23.5 Å².